The summed E-state index contributed by atoms with van der Waals surface area (Å²) >= 11 is 0. The Labute approximate surface area is 413 Å². The topological polar surface area (TPSA) is 33.5 Å². The molecular formula is C61H63N4OPt-3. The summed E-state index contributed by atoms with van der Waals surface area (Å²) in [5.74, 6) is 3.29. The van der Waals surface area contributed by atoms with Gasteiger partial charge in [-0.3, -0.25) is 0 Å². The minimum atomic E-state index is -0.201. The van der Waals surface area contributed by atoms with Gasteiger partial charge in [-0.2, -0.15) is 6.07 Å². The summed E-state index contributed by atoms with van der Waals surface area (Å²) in [6.07, 6.45) is 4.19. The van der Waals surface area contributed by atoms with E-state index in [1.54, 1.807) is 0 Å². The Hall–Kier alpha value is -5.90. The van der Waals surface area contributed by atoms with Gasteiger partial charge in [0.2, 0.25) is 0 Å². The summed E-state index contributed by atoms with van der Waals surface area (Å²) in [4.78, 5) is 9.44. The van der Waals surface area contributed by atoms with E-state index in [9.17, 15) is 0 Å². The number of hydrogen-bond donors (Lipinski definition) is 0. The second-order valence-corrected chi connectivity index (χ2v) is 20.9. The fraction of sp³-hybridized carbons (Fsp3) is 0.279. The predicted octanol–water partition coefficient (Wildman–Crippen LogP) is 16.9. The van der Waals surface area contributed by atoms with Crippen LogP contribution in [0.5, 0.6) is 11.5 Å². The molecule has 0 saturated carbocycles. The van der Waals surface area contributed by atoms with Gasteiger partial charge in [0.25, 0.3) is 0 Å². The molecule has 1 aliphatic heterocycles. The molecule has 5 nitrogen and oxygen atoms in total. The van der Waals surface area contributed by atoms with Crippen LogP contribution in [0.15, 0.2) is 145 Å². The van der Waals surface area contributed by atoms with Crippen molar-refractivity contribution in [3.05, 3.63) is 187 Å². The van der Waals surface area contributed by atoms with Gasteiger partial charge in [-0.05, 0) is 104 Å². The van der Waals surface area contributed by atoms with Crippen LogP contribution in [0, 0.1) is 24.2 Å². The molecule has 0 fully saturated rings. The summed E-state index contributed by atoms with van der Waals surface area (Å²) in [5.41, 5.74) is 15.1. The quantitative estimate of drug-likeness (QED) is 0.128. The average Bonchev–Trinajstić information content (AvgIpc) is 3.89. The molecule has 346 valence electrons. The van der Waals surface area contributed by atoms with Gasteiger partial charge in [-0.15, -0.1) is 53.6 Å². The molecular weight excluding hydrogens is 1000 g/mol. The van der Waals surface area contributed by atoms with Crippen molar-refractivity contribution < 1.29 is 25.8 Å². The largest absolute Gasteiger partial charge is 0.509 e. The summed E-state index contributed by atoms with van der Waals surface area (Å²) in [7, 11) is 0. The van der Waals surface area contributed by atoms with E-state index in [0.29, 0.717) is 29.3 Å². The summed E-state index contributed by atoms with van der Waals surface area (Å²) < 4.78 is 9.08. The van der Waals surface area contributed by atoms with E-state index in [1.165, 1.54) is 33.4 Å². The zero-order valence-electron chi connectivity index (χ0n) is 41.1. The third-order valence-electron chi connectivity index (χ3n) is 12.9. The van der Waals surface area contributed by atoms with E-state index < -0.39 is 0 Å². The van der Waals surface area contributed by atoms with E-state index in [4.69, 9.17) is 9.72 Å². The molecule has 0 unspecified atom stereocenters. The Balaban J connectivity index is 0.00000608. The monoisotopic (exact) mass is 1060 g/mol. The van der Waals surface area contributed by atoms with Crippen LogP contribution in [0.4, 0.5) is 11.4 Å². The fourth-order valence-electron chi connectivity index (χ4n) is 9.22. The SMILES string of the molecule is CC(C)c1cc(C(C)C)c(-c2cccc(N3C=C(C(C)(C)C)N(c4[c-]c(Oc5[c-]c6c(cc5)c5ccccc5n6-c5cc(C(C)(C)C)ccn5)cc(-c5ccccc5)c4)[CH-]3)c2)c(C(C)C)c1.[Pt]. The zero-order valence-corrected chi connectivity index (χ0v) is 43.4. The number of hydrogen-bond acceptors (Lipinski definition) is 4. The van der Waals surface area contributed by atoms with Crippen molar-refractivity contribution >= 4 is 33.2 Å². The van der Waals surface area contributed by atoms with Crippen LogP contribution in [0.3, 0.4) is 0 Å². The Morgan fingerprint density at radius 2 is 1.28 bits per heavy atom. The maximum Gasteiger partial charge on any atom is 0.135 e. The molecule has 0 N–H and O–H groups in total. The average molecular weight is 1060 g/mol. The van der Waals surface area contributed by atoms with Crippen LogP contribution >= 0.6 is 0 Å². The van der Waals surface area contributed by atoms with Crippen molar-refractivity contribution in [2.24, 2.45) is 5.41 Å². The van der Waals surface area contributed by atoms with Gasteiger partial charge in [0.05, 0.1) is 0 Å². The van der Waals surface area contributed by atoms with Gasteiger partial charge >= 0.3 is 0 Å². The van der Waals surface area contributed by atoms with Gasteiger partial charge in [0.1, 0.15) is 5.82 Å². The molecule has 0 saturated heterocycles. The van der Waals surface area contributed by atoms with Crippen molar-refractivity contribution in [2.75, 3.05) is 9.80 Å². The van der Waals surface area contributed by atoms with Crippen molar-refractivity contribution in [1.82, 2.24) is 9.55 Å². The molecule has 0 radical (unpaired) electrons. The van der Waals surface area contributed by atoms with Crippen LogP contribution in [0.25, 0.3) is 49.9 Å². The Kier molecular flexibility index (Phi) is 13.2. The number of pyridine rings is 1. The first-order chi connectivity index (χ1) is 31.4. The van der Waals surface area contributed by atoms with E-state index in [-0.39, 0.29) is 31.9 Å². The van der Waals surface area contributed by atoms with Crippen molar-refractivity contribution in [3.63, 3.8) is 0 Å². The van der Waals surface area contributed by atoms with E-state index >= 15 is 0 Å². The molecule has 9 rings (SSSR count). The van der Waals surface area contributed by atoms with Crippen molar-refractivity contribution in [2.45, 2.75) is 106 Å². The van der Waals surface area contributed by atoms with Crippen LogP contribution in [0.1, 0.15) is 123 Å². The van der Waals surface area contributed by atoms with E-state index in [1.807, 2.05) is 12.3 Å². The number of nitrogens with zero attached hydrogens (tertiary/aromatic N) is 4. The maximum atomic E-state index is 6.88. The first kappa shape index (κ1) is 47.6. The summed E-state index contributed by atoms with van der Waals surface area (Å²) in [5, 5.41) is 2.23. The first-order valence-corrected chi connectivity index (χ1v) is 23.6. The predicted molar refractivity (Wildman–Crippen MR) is 278 cm³/mol. The number of rotatable bonds is 10. The molecule has 2 aromatic heterocycles. The number of ether oxygens (including phenoxy) is 1. The van der Waals surface area contributed by atoms with Crippen molar-refractivity contribution in [1.29, 1.82) is 0 Å². The third kappa shape index (κ3) is 9.50. The Morgan fingerprint density at radius 1 is 0.597 bits per heavy atom. The first-order valence-electron chi connectivity index (χ1n) is 23.6. The van der Waals surface area contributed by atoms with Gasteiger partial charge in [0, 0.05) is 61.1 Å². The summed E-state index contributed by atoms with van der Waals surface area (Å²) in [6, 6.07) is 53.1. The molecule has 6 aromatic carbocycles. The second-order valence-electron chi connectivity index (χ2n) is 20.9. The molecule has 67 heavy (non-hydrogen) atoms. The molecule has 1 aliphatic rings. The maximum absolute atomic E-state index is 6.88. The molecule has 6 heteroatoms. The number of para-hydroxylation sites is 1. The summed E-state index contributed by atoms with van der Waals surface area (Å²) in [6.45, 7) is 29.6. The smallest absolute Gasteiger partial charge is 0.135 e. The number of benzene rings is 6. The number of anilines is 2. The van der Waals surface area contributed by atoms with Crippen LogP contribution in [0.2, 0.25) is 0 Å². The normalized spacial score (nSPS) is 13.3. The molecule has 0 spiro atoms. The molecule has 0 atom stereocenters. The standard InChI is InChI=1S/C61H63N4O.Pt/c1-39(2)44-32-53(40(3)4)59(54(33-44)41(5)6)43-21-18-22-47(29-43)63-37-57(61(10,11)12)64(38-63)48-30-45(42-19-14-13-15-20-42)31-50(35-48)66-49-25-26-52-51-23-16-17-24-55(51)65(56(52)36-49)58-34-46(27-28-62-58)60(7,8)9;/h13-34,37-41H,1-12H3;/q-3;. The molecule has 0 bridgehead atoms. The molecule has 8 aromatic rings. The Bertz CT molecular complexity index is 3080. The molecule has 0 amide bonds. The fourth-order valence-corrected chi connectivity index (χ4v) is 9.22. The van der Waals surface area contributed by atoms with Gasteiger partial charge in [0.15, 0.2) is 0 Å². The van der Waals surface area contributed by atoms with Gasteiger partial charge in [-0.25, -0.2) is 4.98 Å². The van der Waals surface area contributed by atoms with Crippen molar-refractivity contribution in [3.8, 4) is 39.6 Å². The minimum Gasteiger partial charge on any atom is -0.509 e. The molecule has 3 heterocycles. The zero-order chi connectivity index (χ0) is 46.7. The number of allylic oxidation sites excluding steroid dienone is 1. The van der Waals surface area contributed by atoms with Gasteiger partial charge < -0.3 is 19.1 Å². The van der Waals surface area contributed by atoms with Crippen LogP contribution in [-0.4, -0.2) is 9.55 Å². The number of fused-ring (bicyclic) bond motifs is 3. The van der Waals surface area contributed by atoms with E-state index in [2.05, 4.69) is 244 Å². The number of aromatic nitrogens is 2. The minimum absolute atomic E-state index is 0. The van der Waals surface area contributed by atoms with Gasteiger partial charge in [-0.1, -0.05) is 161 Å². The Morgan fingerprint density at radius 3 is 1.96 bits per heavy atom. The van der Waals surface area contributed by atoms with E-state index in [0.717, 1.165) is 55.8 Å². The van der Waals surface area contributed by atoms with Crippen LogP contribution < -0.4 is 14.5 Å². The third-order valence-corrected chi connectivity index (χ3v) is 12.9. The second kappa shape index (κ2) is 18.6. The van der Waals surface area contributed by atoms with Crippen LogP contribution in [-0.2, 0) is 26.5 Å². The molecule has 0 aliphatic carbocycles.